The molecule has 2 aliphatic rings. The van der Waals surface area contributed by atoms with E-state index in [4.69, 9.17) is 0 Å². The SMILES string of the molecule is CC.CC.CC.CC.CC1=C2CCCCC2=C(C)C1. The summed E-state index contributed by atoms with van der Waals surface area (Å²) >= 11 is 0. The molecule has 1 fully saturated rings. The molecule has 0 aromatic rings. The van der Waals surface area contributed by atoms with Gasteiger partial charge in [0.2, 0.25) is 0 Å². The van der Waals surface area contributed by atoms with Gasteiger partial charge in [-0.1, -0.05) is 66.5 Å². The van der Waals surface area contributed by atoms with E-state index in [1.165, 1.54) is 32.1 Å². The lowest BCUT2D eigenvalue weighted by Crippen LogP contribution is -1.97. The van der Waals surface area contributed by atoms with Crippen LogP contribution in [0.2, 0.25) is 0 Å². The van der Waals surface area contributed by atoms with E-state index in [2.05, 4.69) is 13.8 Å². The summed E-state index contributed by atoms with van der Waals surface area (Å²) in [5.41, 5.74) is 6.73. The minimum atomic E-state index is 1.27. The van der Waals surface area contributed by atoms with Crippen molar-refractivity contribution in [1.29, 1.82) is 0 Å². The van der Waals surface area contributed by atoms with Crippen molar-refractivity contribution in [2.24, 2.45) is 0 Å². The van der Waals surface area contributed by atoms with E-state index in [1.807, 2.05) is 55.4 Å². The molecule has 0 aromatic heterocycles. The van der Waals surface area contributed by atoms with Gasteiger partial charge in [-0.05, 0) is 57.1 Å². The Balaban J connectivity index is -0.000000278. The van der Waals surface area contributed by atoms with Gasteiger partial charge in [-0.3, -0.25) is 0 Å². The van der Waals surface area contributed by atoms with Crippen molar-refractivity contribution in [3.8, 4) is 0 Å². The molecule has 116 valence electrons. The third kappa shape index (κ3) is 8.29. The summed E-state index contributed by atoms with van der Waals surface area (Å²) < 4.78 is 0. The zero-order chi connectivity index (χ0) is 15.8. The molecule has 2 aliphatic carbocycles. The van der Waals surface area contributed by atoms with Gasteiger partial charge < -0.3 is 0 Å². The largest absolute Gasteiger partial charge is 0.0683 e. The first-order chi connectivity index (χ1) is 9.29. The van der Waals surface area contributed by atoms with Gasteiger partial charge in [0.1, 0.15) is 0 Å². The van der Waals surface area contributed by atoms with Crippen molar-refractivity contribution in [3.63, 3.8) is 0 Å². The van der Waals surface area contributed by atoms with Crippen molar-refractivity contribution in [2.45, 2.75) is 101 Å². The van der Waals surface area contributed by atoms with Crippen molar-refractivity contribution >= 4 is 0 Å². The average Bonchev–Trinajstić information content (AvgIpc) is 2.83. The molecule has 0 N–H and O–H groups in total. The van der Waals surface area contributed by atoms with Gasteiger partial charge in [0, 0.05) is 0 Å². The molecule has 0 unspecified atom stereocenters. The van der Waals surface area contributed by atoms with Crippen LogP contribution in [0.5, 0.6) is 0 Å². The molecule has 0 saturated heterocycles. The first-order valence-corrected chi connectivity index (χ1v) is 8.66. The fourth-order valence-corrected chi connectivity index (χ4v) is 2.46. The van der Waals surface area contributed by atoms with Crippen molar-refractivity contribution in [1.82, 2.24) is 0 Å². The van der Waals surface area contributed by atoms with Crippen LogP contribution >= 0.6 is 0 Å². The monoisotopic (exact) mass is 268 g/mol. The summed E-state index contributed by atoms with van der Waals surface area (Å²) in [6.07, 6.45) is 6.83. The molecule has 0 aliphatic heterocycles. The lowest BCUT2D eigenvalue weighted by atomic mass is 9.89. The quantitative estimate of drug-likeness (QED) is 0.422. The molecule has 0 heteroatoms. The smallest absolute Gasteiger partial charge is 0.0102 e. The minimum Gasteiger partial charge on any atom is -0.0683 e. The Hall–Kier alpha value is -0.520. The van der Waals surface area contributed by atoms with Crippen LogP contribution in [0, 0.1) is 0 Å². The van der Waals surface area contributed by atoms with Crippen LogP contribution < -0.4 is 0 Å². The maximum absolute atomic E-state index is 2.30. The van der Waals surface area contributed by atoms with Gasteiger partial charge in [-0.2, -0.15) is 0 Å². The normalized spacial score (nSPS) is 15.5. The Kier molecular flexibility index (Phi) is 21.7. The Bertz CT molecular complexity index is 215. The first-order valence-electron chi connectivity index (χ1n) is 8.66. The second kappa shape index (κ2) is 17.5. The number of fused-ring (bicyclic) bond motifs is 1. The molecule has 0 atom stereocenters. The van der Waals surface area contributed by atoms with E-state index in [0.717, 1.165) is 0 Å². The summed E-state index contributed by atoms with van der Waals surface area (Å²) in [6.45, 7) is 20.6. The molecule has 0 nitrogen and oxygen atoms in total. The maximum Gasteiger partial charge on any atom is -0.0102 e. The Morgan fingerprint density at radius 3 is 1.05 bits per heavy atom. The highest BCUT2D eigenvalue weighted by atomic mass is 14.3. The van der Waals surface area contributed by atoms with Crippen molar-refractivity contribution in [3.05, 3.63) is 22.3 Å². The van der Waals surface area contributed by atoms with Crippen molar-refractivity contribution < 1.29 is 0 Å². The van der Waals surface area contributed by atoms with Crippen LogP contribution in [-0.2, 0) is 0 Å². The number of hydrogen-bond acceptors (Lipinski definition) is 0. The zero-order valence-corrected chi connectivity index (χ0v) is 15.5. The molecule has 0 radical (unpaired) electrons. The molecule has 1 saturated carbocycles. The first kappa shape index (κ1) is 23.6. The van der Waals surface area contributed by atoms with Crippen LogP contribution in [0.3, 0.4) is 0 Å². The fourth-order valence-electron chi connectivity index (χ4n) is 2.46. The second-order valence-electron chi connectivity index (χ2n) is 3.90. The molecule has 0 aromatic carbocycles. The van der Waals surface area contributed by atoms with E-state index >= 15 is 0 Å². The second-order valence-corrected chi connectivity index (χ2v) is 3.90. The highest BCUT2D eigenvalue weighted by Gasteiger charge is 2.21. The standard InChI is InChI=1S/C11H16.4C2H6/c1-8-7-9(2)11-6-4-3-5-10(8)11;4*1-2/h3-7H2,1-2H3;4*1-2H3. The minimum absolute atomic E-state index is 1.27. The lowest BCUT2D eigenvalue weighted by Gasteiger charge is -2.16. The van der Waals surface area contributed by atoms with Crippen LogP contribution in [0.4, 0.5) is 0 Å². The summed E-state index contributed by atoms with van der Waals surface area (Å²) in [4.78, 5) is 0. The van der Waals surface area contributed by atoms with Crippen molar-refractivity contribution in [2.75, 3.05) is 0 Å². The molecular formula is C19H40. The van der Waals surface area contributed by atoms with Gasteiger partial charge in [-0.15, -0.1) is 0 Å². The summed E-state index contributed by atoms with van der Waals surface area (Å²) in [5, 5.41) is 0. The Labute approximate surface area is 124 Å². The molecule has 0 amide bonds. The highest BCUT2D eigenvalue weighted by Crippen LogP contribution is 2.40. The maximum atomic E-state index is 2.30. The van der Waals surface area contributed by atoms with Gasteiger partial charge >= 0.3 is 0 Å². The lowest BCUT2D eigenvalue weighted by molar-refractivity contribution is 0.677. The van der Waals surface area contributed by atoms with Gasteiger partial charge in [0.15, 0.2) is 0 Å². The van der Waals surface area contributed by atoms with Gasteiger partial charge in [-0.25, -0.2) is 0 Å². The van der Waals surface area contributed by atoms with E-state index in [1.54, 1.807) is 22.3 Å². The summed E-state index contributed by atoms with van der Waals surface area (Å²) in [5.74, 6) is 0. The molecule has 0 spiro atoms. The van der Waals surface area contributed by atoms with Crippen LogP contribution in [-0.4, -0.2) is 0 Å². The predicted molar refractivity (Wildman–Crippen MR) is 93.9 cm³/mol. The van der Waals surface area contributed by atoms with E-state index in [0.29, 0.717) is 0 Å². The Morgan fingerprint density at radius 1 is 0.526 bits per heavy atom. The summed E-state index contributed by atoms with van der Waals surface area (Å²) in [7, 11) is 0. The third-order valence-corrected chi connectivity index (χ3v) is 3.03. The van der Waals surface area contributed by atoms with Gasteiger partial charge in [0.05, 0.1) is 0 Å². The number of hydrogen-bond donors (Lipinski definition) is 0. The third-order valence-electron chi connectivity index (χ3n) is 3.03. The summed E-state index contributed by atoms with van der Waals surface area (Å²) in [6, 6.07) is 0. The molecule has 19 heavy (non-hydrogen) atoms. The Morgan fingerprint density at radius 2 is 0.789 bits per heavy atom. The topological polar surface area (TPSA) is 0 Å². The molecule has 0 bridgehead atoms. The molecular weight excluding hydrogens is 228 g/mol. The van der Waals surface area contributed by atoms with E-state index in [9.17, 15) is 0 Å². The number of rotatable bonds is 0. The molecule has 2 rings (SSSR count). The van der Waals surface area contributed by atoms with Crippen LogP contribution in [0.25, 0.3) is 0 Å². The van der Waals surface area contributed by atoms with E-state index < -0.39 is 0 Å². The van der Waals surface area contributed by atoms with Crippen LogP contribution in [0.15, 0.2) is 22.3 Å². The van der Waals surface area contributed by atoms with Crippen LogP contribution in [0.1, 0.15) is 101 Å². The molecule has 0 heterocycles. The van der Waals surface area contributed by atoms with E-state index in [-0.39, 0.29) is 0 Å². The highest BCUT2D eigenvalue weighted by molar-refractivity contribution is 5.46. The fraction of sp³-hybridized carbons (Fsp3) is 0.789. The predicted octanol–water partition coefficient (Wildman–Crippen LogP) is 7.70. The average molecular weight is 269 g/mol. The zero-order valence-electron chi connectivity index (χ0n) is 15.5. The van der Waals surface area contributed by atoms with Gasteiger partial charge in [0.25, 0.3) is 0 Å². The number of allylic oxidation sites excluding steroid dienone is 4.